The van der Waals surface area contributed by atoms with E-state index in [1.807, 2.05) is 0 Å². The van der Waals surface area contributed by atoms with Crippen LogP contribution in [0.2, 0.25) is 5.02 Å². The number of rotatable bonds is 9. The number of nitrogens with one attached hydrogen (secondary N) is 1. The van der Waals surface area contributed by atoms with Gasteiger partial charge in [-0.3, -0.25) is 10.1 Å². The van der Waals surface area contributed by atoms with Crippen LogP contribution in [0.4, 0.5) is 17.6 Å². The summed E-state index contributed by atoms with van der Waals surface area (Å²) >= 11 is 5.80. The first-order chi connectivity index (χ1) is 15.1. The van der Waals surface area contributed by atoms with Gasteiger partial charge in [-0.2, -0.15) is 18.4 Å². The summed E-state index contributed by atoms with van der Waals surface area (Å²) in [5.74, 6) is -0.942. The van der Waals surface area contributed by atoms with Gasteiger partial charge in [0, 0.05) is 6.42 Å². The molecule has 0 bridgehead atoms. The molecule has 2 aromatic rings. The molecule has 1 aliphatic carbocycles. The summed E-state index contributed by atoms with van der Waals surface area (Å²) < 4.78 is 55.1. The monoisotopic (exact) mass is 466 g/mol. The second kappa shape index (κ2) is 9.60. The molecule has 1 saturated carbocycles. The van der Waals surface area contributed by atoms with Crippen LogP contribution in [-0.4, -0.2) is 18.0 Å². The first-order valence-electron chi connectivity index (χ1n) is 10.4. The third-order valence-corrected chi connectivity index (χ3v) is 6.05. The lowest BCUT2D eigenvalue weighted by Gasteiger charge is -2.27. The van der Waals surface area contributed by atoms with Gasteiger partial charge in [-0.1, -0.05) is 55.3 Å². The molecule has 0 aliphatic heterocycles. The number of nitrogens with zero attached hydrogens (tertiary/aromatic N) is 1. The van der Waals surface area contributed by atoms with Gasteiger partial charge in [-0.25, -0.2) is 4.39 Å². The second-order valence-electron chi connectivity index (χ2n) is 8.27. The van der Waals surface area contributed by atoms with Gasteiger partial charge >= 0.3 is 6.18 Å². The molecule has 0 radical (unpaired) electrons. The fraction of sp³-hybridized carbons (Fsp3) is 0.417. The largest absolute Gasteiger partial charge is 0.407 e. The van der Waals surface area contributed by atoms with E-state index < -0.39 is 29.5 Å². The van der Waals surface area contributed by atoms with Crippen molar-refractivity contribution in [2.45, 2.75) is 57.3 Å². The zero-order chi connectivity index (χ0) is 23.5. The molecule has 0 saturated heterocycles. The summed E-state index contributed by atoms with van der Waals surface area (Å²) in [7, 11) is 0. The van der Waals surface area contributed by atoms with E-state index in [1.165, 1.54) is 42.5 Å². The minimum Gasteiger partial charge on any atom is -0.298 e. The second-order valence-corrected chi connectivity index (χ2v) is 8.68. The Hall–Kier alpha value is -2.43. The number of alkyl halides is 3. The van der Waals surface area contributed by atoms with Gasteiger partial charge in [0.2, 0.25) is 0 Å². The fourth-order valence-corrected chi connectivity index (χ4v) is 3.87. The Labute approximate surface area is 189 Å². The van der Waals surface area contributed by atoms with E-state index >= 15 is 0 Å². The summed E-state index contributed by atoms with van der Waals surface area (Å²) in [6, 6.07) is 8.87. The lowest BCUT2D eigenvalue weighted by atomic mass is 9.93. The molecule has 0 unspecified atom stereocenters. The van der Waals surface area contributed by atoms with Gasteiger partial charge < -0.3 is 0 Å². The predicted octanol–water partition coefficient (Wildman–Crippen LogP) is 6.77. The number of benzene rings is 2. The highest BCUT2D eigenvalue weighted by atomic mass is 35.5. The zero-order valence-electron chi connectivity index (χ0n) is 17.5. The molecule has 8 heteroatoms. The van der Waals surface area contributed by atoms with Crippen molar-refractivity contribution in [2.24, 2.45) is 5.41 Å². The molecule has 2 atom stereocenters. The number of hydrogen-bond donors (Lipinski definition) is 1. The Balaban J connectivity index is 1.83. The Morgan fingerprint density at radius 3 is 2.31 bits per heavy atom. The number of ketones is 1. The number of carbonyl (C=O) groups excluding carboxylic acids is 1. The Bertz CT molecular complexity index is 1010. The molecule has 1 N–H and O–H groups in total. The van der Waals surface area contributed by atoms with E-state index in [2.05, 4.69) is 11.4 Å². The minimum absolute atomic E-state index is 0.0317. The van der Waals surface area contributed by atoms with Gasteiger partial charge in [-0.05, 0) is 48.1 Å². The van der Waals surface area contributed by atoms with Crippen molar-refractivity contribution in [1.29, 1.82) is 5.26 Å². The molecule has 3 nitrogen and oxygen atoms in total. The van der Waals surface area contributed by atoms with Crippen LogP contribution in [0.5, 0.6) is 0 Å². The molecule has 1 fully saturated rings. The van der Waals surface area contributed by atoms with Crippen molar-refractivity contribution >= 4 is 17.4 Å². The number of Topliss-reactive ketones (excluding diaryl/α,β-unsaturated/α-hetero) is 1. The number of hydrogen-bond acceptors (Lipinski definition) is 3. The maximum Gasteiger partial charge on any atom is 0.407 e. The number of carbonyl (C=O) groups is 1. The highest BCUT2D eigenvalue weighted by molar-refractivity contribution is 6.31. The topological polar surface area (TPSA) is 52.9 Å². The Morgan fingerprint density at radius 1 is 1.19 bits per heavy atom. The van der Waals surface area contributed by atoms with Crippen LogP contribution in [0.1, 0.15) is 50.6 Å². The van der Waals surface area contributed by atoms with Crippen LogP contribution in [0, 0.1) is 22.6 Å². The SMILES string of the molecule is CCC[C@H](N[C@@H](c1ccc(-c2ccc(F)c(Cl)c2)cc1)C(F)(F)F)C(=O)CC1(C#N)CC1. The van der Waals surface area contributed by atoms with E-state index in [1.54, 1.807) is 6.92 Å². The van der Waals surface area contributed by atoms with Crippen molar-refractivity contribution in [3.05, 3.63) is 58.9 Å². The quantitative estimate of drug-likeness (QED) is 0.415. The van der Waals surface area contributed by atoms with Crippen molar-refractivity contribution in [3.8, 4) is 17.2 Å². The van der Waals surface area contributed by atoms with Gasteiger partial charge in [0.25, 0.3) is 0 Å². The van der Waals surface area contributed by atoms with Crippen molar-refractivity contribution < 1.29 is 22.4 Å². The smallest absolute Gasteiger partial charge is 0.298 e. The lowest BCUT2D eigenvalue weighted by molar-refractivity contribution is -0.160. The number of halogens is 5. The Kier molecular flexibility index (Phi) is 7.26. The maximum atomic E-state index is 13.9. The van der Waals surface area contributed by atoms with Crippen LogP contribution in [0.25, 0.3) is 11.1 Å². The minimum atomic E-state index is -4.63. The molecule has 0 heterocycles. The molecule has 0 spiro atoms. The van der Waals surface area contributed by atoms with E-state index in [0.29, 0.717) is 30.4 Å². The predicted molar refractivity (Wildman–Crippen MR) is 114 cm³/mol. The molecular weight excluding hydrogens is 444 g/mol. The third kappa shape index (κ3) is 5.67. The van der Waals surface area contributed by atoms with Crippen LogP contribution in [0.3, 0.4) is 0 Å². The summed E-state index contributed by atoms with van der Waals surface area (Å²) in [5, 5.41) is 11.7. The van der Waals surface area contributed by atoms with Crippen LogP contribution in [0.15, 0.2) is 42.5 Å². The van der Waals surface area contributed by atoms with Crippen molar-refractivity contribution in [1.82, 2.24) is 5.32 Å². The molecular formula is C24H23ClF4N2O. The zero-order valence-corrected chi connectivity index (χ0v) is 18.2. The number of nitriles is 1. The average molecular weight is 467 g/mol. The molecule has 32 heavy (non-hydrogen) atoms. The Morgan fingerprint density at radius 2 is 1.81 bits per heavy atom. The van der Waals surface area contributed by atoms with E-state index in [9.17, 15) is 27.6 Å². The van der Waals surface area contributed by atoms with Crippen molar-refractivity contribution in [3.63, 3.8) is 0 Å². The average Bonchev–Trinajstić information content (AvgIpc) is 3.52. The molecule has 0 amide bonds. The molecule has 3 rings (SSSR count). The highest BCUT2D eigenvalue weighted by Gasteiger charge is 2.47. The summed E-state index contributed by atoms with van der Waals surface area (Å²) in [4.78, 5) is 12.7. The van der Waals surface area contributed by atoms with Gasteiger partial charge in [0.05, 0.1) is 22.5 Å². The lowest BCUT2D eigenvalue weighted by Crippen LogP contribution is -2.45. The van der Waals surface area contributed by atoms with Crippen LogP contribution >= 0.6 is 11.6 Å². The van der Waals surface area contributed by atoms with E-state index in [-0.39, 0.29) is 29.2 Å². The fourth-order valence-electron chi connectivity index (χ4n) is 3.69. The van der Waals surface area contributed by atoms with Gasteiger partial charge in [0.15, 0.2) is 5.78 Å². The van der Waals surface area contributed by atoms with Gasteiger partial charge in [0.1, 0.15) is 11.9 Å². The third-order valence-electron chi connectivity index (χ3n) is 5.76. The summed E-state index contributed by atoms with van der Waals surface area (Å²) in [6.07, 6.45) is -2.68. The first kappa shape index (κ1) is 24.2. The molecule has 170 valence electrons. The standard InChI is InChI=1S/C24H23ClF4N2O/c1-2-3-20(21(32)13-23(14-30)10-11-23)31-22(24(27,28)29)16-6-4-15(5-7-16)17-8-9-19(26)18(25)12-17/h4-9,12,20,22,31H,2-3,10-11,13H2,1H3/t20-,22-/m0/s1. The molecule has 2 aromatic carbocycles. The summed E-state index contributed by atoms with van der Waals surface area (Å²) in [5.41, 5.74) is 0.410. The van der Waals surface area contributed by atoms with Gasteiger partial charge in [-0.15, -0.1) is 0 Å². The first-order valence-corrected chi connectivity index (χ1v) is 10.8. The van der Waals surface area contributed by atoms with Crippen LogP contribution in [-0.2, 0) is 4.79 Å². The van der Waals surface area contributed by atoms with E-state index in [4.69, 9.17) is 11.6 Å². The summed E-state index contributed by atoms with van der Waals surface area (Å²) in [6.45, 7) is 1.80. The maximum absolute atomic E-state index is 13.9. The van der Waals surface area contributed by atoms with Crippen molar-refractivity contribution in [2.75, 3.05) is 0 Å². The van der Waals surface area contributed by atoms with E-state index in [0.717, 1.165) is 0 Å². The molecule has 0 aromatic heterocycles. The highest BCUT2D eigenvalue weighted by Crippen LogP contribution is 2.48. The van der Waals surface area contributed by atoms with Crippen LogP contribution < -0.4 is 5.32 Å². The molecule has 1 aliphatic rings. The normalized spacial score (nSPS) is 16.8.